The Labute approximate surface area is 104 Å². The van der Waals surface area contributed by atoms with Gasteiger partial charge in [0, 0.05) is 17.9 Å². The van der Waals surface area contributed by atoms with E-state index in [0.29, 0.717) is 12.2 Å². The van der Waals surface area contributed by atoms with Crippen LogP contribution in [-0.2, 0) is 10.2 Å². The third-order valence-electron chi connectivity index (χ3n) is 3.08. The number of hydrogen-bond acceptors (Lipinski definition) is 2. The van der Waals surface area contributed by atoms with Crippen molar-refractivity contribution in [3.63, 3.8) is 0 Å². The second-order valence-corrected chi connectivity index (χ2v) is 4.45. The van der Waals surface area contributed by atoms with Crippen molar-refractivity contribution in [1.29, 1.82) is 0 Å². The Kier molecular flexibility index (Phi) is 3.81. The maximum absolute atomic E-state index is 12.1. The Morgan fingerprint density at radius 3 is 2.41 bits per heavy atom. The van der Waals surface area contributed by atoms with E-state index in [1.165, 1.54) is 0 Å². The largest absolute Gasteiger partial charge is 0.399 e. The van der Waals surface area contributed by atoms with E-state index in [1.54, 1.807) is 4.90 Å². The molecule has 0 aromatic heterocycles. The first kappa shape index (κ1) is 13.6. The fraction of sp³-hybridized carbons (Fsp3) is 0.500. The van der Waals surface area contributed by atoms with Crippen LogP contribution in [0.4, 0.5) is 11.4 Å². The first-order valence-corrected chi connectivity index (χ1v) is 6.20. The van der Waals surface area contributed by atoms with Crippen LogP contribution in [0.15, 0.2) is 18.2 Å². The molecule has 1 aromatic carbocycles. The van der Waals surface area contributed by atoms with E-state index in [0.717, 1.165) is 11.3 Å². The number of anilines is 2. The first-order valence-electron chi connectivity index (χ1n) is 6.20. The van der Waals surface area contributed by atoms with Gasteiger partial charge in [-0.2, -0.15) is 0 Å². The Hall–Kier alpha value is -1.51. The van der Waals surface area contributed by atoms with Crippen LogP contribution in [0.5, 0.6) is 0 Å². The highest BCUT2D eigenvalue weighted by atomic mass is 16.2. The highest BCUT2D eigenvalue weighted by molar-refractivity contribution is 6.07. The van der Waals surface area contributed by atoms with Crippen molar-refractivity contribution >= 4 is 17.3 Å². The molecular weight excluding hydrogens is 212 g/mol. The van der Waals surface area contributed by atoms with Crippen LogP contribution in [0, 0.1) is 0 Å². The molecule has 3 nitrogen and oxygen atoms in total. The maximum atomic E-state index is 12.1. The maximum Gasteiger partial charge on any atom is 0.237 e. The number of nitrogen functional groups attached to an aromatic ring is 1. The van der Waals surface area contributed by atoms with Crippen LogP contribution < -0.4 is 10.6 Å². The Bertz CT molecular complexity index is 424. The highest BCUT2D eigenvalue weighted by Crippen LogP contribution is 2.42. The molecule has 1 aromatic rings. The van der Waals surface area contributed by atoms with E-state index in [4.69, 9.17) is 5.73 Å². The first-order chi connectivity index (χ1) is 7.98. The molecule has 0 saturated heterocycles. The van der Waals surface area contributed by atoms with Gasteiger partial charge in [-0.3, -0.25) is 4.79 Å². The summed E-state index contributed by atoms with van der Waals surface area (Å²) in [7, 11) is 0. The summed E-state index contributed by atoms with van der Waals surface area (Å²) < 4.78 is 0. The van der Waals surface area contributed by atoms with Crippen molar-refractivity contribution in [3.05, 3.63) is 23.8 Å². The van der Waals surface area contributed by atoms with Crippen LogP contribution >= 0.6 is 0 Å². The minimum atomic E-state index is -0.418. The van der Waals surface area contributed by atoms with Gasteiger partial charge in [-0.25, -0.2) is 0 Å². The molecule has 1 heterocycles. The molecule has 1 amide bonds. The number of rotatable bonds is 1. The average Bonchev–Trinajstić information content (AvgIpc) is 2.49. The summed E-state index contributed by atoms with van der Waals surface area (Å²) in [4.78, 5) is 13.9. The smallest absolute Gasteiger partial charge is 0.237 e. The van der Waals surface area contributed by atoms with Crippen molar-refractivity contribution in [2.75, 3.05) is 17.2 Å². The van der Waals surface area contributed by atoms with Crippen molar-refractivity contribution in [1.82, 2.24) is 0 Å². The topological polar surface area (TPSA) is 46.3 Å². The lowest BCUT2D eigenvalue weighted by Gasteiger charge is -2.18. The lowest BCUT2D eigenvalue weighted by Crippen LogP contribution is -2.35. The predicted octanol–water partition coefficient (Wildman–Crippen LogP) is 2.94. The quantitative estimate of drug-likeness (QED) is 0.759. The summed E-state index contributed by atoms with van der Waals surface area (Å²) in [6.45, 7) is 10.6. The van der Waals surface area contributed by atoms with Crippen molar-refractivity contribution < 1.29 is 4.79 Å². The van der Waals surface area contributed by atoms with E-state index in [-0.39, 0.29) is 5.91 Å². The number of carbonyl (C=O) groups excluding carboxylic acids is 1. The number of benzene rings is 1. The predicted molar refractivity (Wildman–Crippen MR) is 73.3 cm³/mol. The SMILES string of the molecule is CC.CCN1C(=O)C(C)(C)c2ccc(N)cc21. The zero-order valence-corrected chi connectivity index (χ0v) is 11.4. The van der Waals surface area contributed by atoms with E-state index in [2.05, 4.69) is 0 Å². The molecule has 0 spiro atoms. The molecule has 17 heavy (non-hydrogen) atoms. The van der Waals surface area contributed by atoms with Gasteiger partial charge in [0.2, 0.25) is 5.91 Å². The van der Waals surface area contributed by atoms with Crippen LogP contribution in [-0.4, -0.2) is 12.5 Å². The highest BCUT2D eigenvalue weighted by Gasteiger charge is 2.42. The molecule has 2 rings (SSSR count). The fourth-order valence-electron chi connectivity index (χ4n) is 2.18. The van der Waals surface area contributed by atoms with Gasteiger partial charge in [0.1, 0.15) is 0 Å². The molecule has 0 bridgehead atoms. The minimum absolute atomic E-state index is 0.158. The standard InChI is InChI=1S/C12H16N2O.C2H6/c1-4-14-10-7-8(13)5-6-9(10)12(2,3)11(14)15;1-2/h5-7H,4,13H2,1-3H3;1-2H3. The van der Waals surface area contributed by atoms with E-state index in [1.807, 2.05) is 52.8 Å². The van der Waals surface area contributed by atoms with Gasteiger partial charge in [0.05, 0.1) is 5.41 Å². The molecular formula is C14H22N2O. The summed E-state index contributed by atoms with van der Waals surface area (Å²) >= 11 is 0. The third-order valence-corrected chi connectivity index (χ3v) is 3.08. The molecule has 2 N–H and O–H groups in total. The van der Waals surface area contributed by atoms with Crippen LogP contribution in [0.3, 0.4) is 0 Å². The molecule has 0 atom stereocenters. The number of carbonyl (C=O) groups is 1. The molecule has 0 fully saturated rings. The molecule has 3 heteroatoms. The normalized spacial score (nSPS) is 16.3. The van der Waals surface area contributed by atoms with E-state index >= 15 is 0 Å². The lowest BCUT2D eigenvalue weighted by atomic mass is 9.86. The van der Waals surface area contributed by atoms with Gasteiger partial charge in [-0.05, 0) is 38.5 Å². The Morgan fingerprint density at radius 1 is 1.29 bits per heavy atom. The average molecular weight is 234 g/mol. The van der Waals surface area contributed by atoms with Crippen molar-refractivity contribution in [3.8, 4) is 0 Å². The van der Waals surface area contributed by atoms with Crippen molar-refractivity contribution in [2.45, 2.75) is 40.0 Å². The third kappa shape index (κ3) is 2.02. The molecule has 0 saturated carbocycles. The fourth-order valence-corrected chi connectivity index (χ4v) is 2.18. The molecule has 1 aliphatic heterocycles. The molecule has 0 aliphatic carbocycles. The van der Waals surface area contributed by atoms with Gasteiger partial charge in [-0.15, -0.1) is 0 Å². The summed E-state index contributed by atoms with van der Waals surface area (Å²) in [6.07, 6.45) is 0. The van der Waals surface area contributed by atoms with Gasteiger partial charge < -0.3 is 10.6 Å². The number of amides is 1. The van der Waals surface area contributed by atoms with Gasteiger partial charge in [0.25, 0.3) is 0 Å². The van der Waals surface area contributed by atoms with E-state index < -0.39 is 5.41 Å². The van der Waals surface area contributed by atoms with Crippen LogP contribution in [0.25, 0.3) is 0 Å². The number of fused-ring (bicyclic) bond motifs is 1. The summed E-state index contributed by atoms with van der Waals surface area (Å²) in [5.41, 5.74) is 8.07. The molecule has 0 unspecified atom stereocenters. The number of likely N-dealkylation sites (N-methyl/N-ethyl adjacent to an activating group) is 1. The van der Waals surface area contributed by atoms with Crippen LogP contribution in [0.1, 0.15) is 40.2 Å². The molecule has 94 valence electrons. The minimum Gasteiger partial charge on any atom is -0.399 e. The summed E-state index contributed by atoms with van der Waals surface area (Å²) in [5, 5.41) is 0. The zero-order chi connectivity index (χ0) is 13.2. The summed E-state index contributed by atoms with van der Waals surface area (Å²) in [5.74, 6) is 0.158. The van der Waals surface area contributed by atoms with Gasteiger partial charge in [-0.1, -0.05) is 19.9 Å². The lowest BCUT2D eigenvalue weighted by molar-refractivity contribution is -0.122. The monoisotopic (exact) mass is 234 g/mol. The second-order valence-electron chi connectivity index (χ2n) is 4.45. The van der Waals surface area contributed by atoms with Gasteiger partial charge >= 0.3 is 0 Å². The van der Waals surface area contributed by atoms with E-state index in [9.17, 15) is 4.79 Å². The number of hydrogen-bond donors (Lipinski definition) is 1. The van der Waals surface area contributed by atoms with Crippen molar-refractivity contribution in [2.24, 2.45) is 0 Å². The second kappa shape index (κ2) is 4.78. The Balaban J connectivity index is 0.000000686. The van der Waals surface area contributed by atoms with Crippen LogP contribution in [0.2, 0.25) is 0 Å². The van der Waals surface area contributed by atoms with Gasteiger partial charge in [0.15, 0.2) is 0 Å². The number of nitrogens with zero attached hydrogens (tertiary/aromatic N) is 1. The molecule has 0 radical (unpaired) electrons. The Morgan fingerprint density at radius 2 is 1.88 bits per heavy atom. The summed E-state index contributed by atoms with van der Waals surface area (Å²) in [6, 6.07) is 5.69. The molecule has 1 aliphatic rings. The number of nitrogens with two attached hydrogens (primary N) is 1. The zero-order valence-electron chi connectivity index (χ0n) is 11.4.